The van der Waals surface area contributed by atoms with Gasteiger partial charge in [0.15, 0.2) is 0 Å². The van der Waals surface area contributed by atoms with E-state index < -0.39 is 5.60 Å². The molecule has 2 aromatic rings. The van der Waals surface area contributed by atoms with Crippen LogP contribution in [0.25, 0.3) is 11.5 Å². The van der Waals surface area contributed by atoms with Gasteiger partial charge < -0.3 is 9.26 Å². The quantitative estimate of drug-likeness (QED) is 0.861. The fraction of sp³-hybridized carbons (Fsp3) is 0.467. The van der Waals surface area contributed by atoms with Gasteiger partial charge in [0, 0.05) is 18.9 Å². The number of nitriles is 1. The molecule has 0 spiro atoms. The third kappa shape index (κ3) is 2.52. The fourth-order valence-electron chi connectivity index (χ4n) is 2.79. The fourth-order valence-corrected chi connectivity index (χ4v) is 2.79. The Morgan fingerprint density at radius 2 is 2.14 bits per heavy atom. The highest BCUT2D eigenvalue weighted by Crippen LogP contribution is 2.39. The molecule has 0 radical (unpaired) electrons. The summed E-state index contributed by atoms with van der Waals surface area (Å²) in [4.78, 5) is 8.42. The molecular weight excluding hydrogens is 268 g/mol. The van der Waals surface area contributed by atoms with Crippen LogP contribution in [0.4, 0.5) is 0 Å². The molecule has 1 aliphatic rings. The molecule has 21 heavy (non-hydrogen) atoms. The molecule has 1 fully saturated rings. The highest BCUT2D eigenvalue weighted by Gasteiger charge is 2.38. The van der Waals surface area contributed by atoms with Gasteiger partial charge in [-0.25, -0.2) is 4.98 Å². The van der Waals surface area contributed by atoms with Crippen LogP contribution in [-0.4, -0.2) is 22.2 Å². The number of ether oxygens (including phenoxy) is 1. The lowest BCUT2D eigenvalue weighted by Crippen LogP contribution is -2.32. The normalized spacial score (nSPS) is 17.3. The van der Waals surface area contributed by atoms with E-state index in [0.29, 0.717) is 23.0 Å². The van der Waals surface area contributed by atoms with Gasteiger partial charge in [-0.15, -0.1) is 0 Å². The molecule has 0 aliphatic heterocycles. The summed E-state index contributed by atoms with van der Waals surface area (Å²) in [5.74, 6) is 0.987. The van der Waals surface area contributed by atoms with E-state index in [2.05, 4.69) is 15.1 Å². The van der Waals surface area contributed by atoms with E-state index in [1.54, 1.807) is 25.4 Å². The second-order valence-electron chi connectivity index (χ2n) is 5.22. The number of methoxy groups -OCH3 is 1. The Bertz CT molecular complexity index is 668. The molecule has 2 heterocycles. The average Bonchev–Trinajstić information content (AvgIpc) is 3.06. The Labute approximate surface area is 122 Å². The van der Waals surface area contributed by atoms with Crippen molar-refractivity contribution in [1.82, 2.24) is 15.1 Å². The van der Waals surface area contributed by atoms with Gasteiger partial charge in [0.05, 0.1) is 0 Å². The third-order valence-electron chi connectivity index (χ3n) is 4.01. The van der Waals surface area contributed by atoms with E-state index in [1.807, 2.05) is 6.07 Å². The predicted molar refractivity (Wildman–Crippen MR) is 74.0 cm³/mol. The van der Waals surface area contributed by atoms with Crippen LogP contribution < -0.4 is 0 Å². The SMILES string of the molecule is COC1(c2noc(-c3ccnc(C#N)c3)n2)CCCCC1. The molecule has 0 bridgehead atoms. The summed E-state index contributed by atoms with van der Waals surface area (Å²) in [5, 5.41) is 13.0. The lowest BCUT2D eigenvalue weighted by molar-refractivity contribution is -0.0527. The first-order valence-electron chi connectivity index (χ1n) is 7.03. The molecule has 2 aromatic heterocycles. The number of nitrogens with zero attached hydrogens (tertiary/aromatic N) is 4. The van der Waals surface area contributed by atoms with Crippen molar-refractivity contribution in [3.8, 4) is 17.5 Å². The molecule has 6 nitrogen and oxygen atoms in total. The van der Waals surface area contributed by atoms with Gasteiger partial charge in [0.25, 0.3) is 5.89 Å². The van der Waals surface area contributed by atoms with E-state index in [0.717, 1.165) is 25.7 Å². The molecule has 0 aromatic carbocycles. The van der Waals surface area contributed by atoms with Crippen LogP contribution in [0, 0.1) is 11.3 Å². The van der Waals surface area contributed by atoms with Gasteiger partial charge in [-0.2, -0.15) is 10.2 Å². The lowest BCUT2D eigenvalue weighted by Gasteiger charge is -2.32. The number of hydrogen-bond donors (Lipinski definition) is 0. The first kappa shape index (κ1) is 13.7. The second kappa shape index (κ2) is 5.62. The average molecular weight is 284 g/mol. The summed E-state index contributed by atoms with van der Waals surface area (Å²) < 4.78 is 11.1. The summed E-state index contributed by atoms with van der Waals surface area (Å²) in [5.41, 5.74) is 0.583. The minimum absolute atomic E-state index is 0.325. The van der Waals surface area contributed by atoms with Crippen molar-refractivity contribution in [3.05, 3.63) is 29.8 Å². The van der Waals surface area contributed by atoms with Crippen molar-refractivity contribution in [3.63, 3.8) is 0 Å². The highest BCUT2D eigenvalue weighted by molar-refractivity contribution is 5.54. The standard InChI is InChI=1S/C15H16N4O2/c1-20-15(6-3-2-4-7-15)14-18-13(21-19-14)11-5-8-17-12(9-11)10-16/h5,8-9H,2-4,6-7H2,1H3. The van der Waals surface area contributed by atoms with Crippen LogP contribution in [0.5, 0.6) is 0 Å². The molecule has 6 heteroatoms. The van der Waals surface area contributed by atoms with Gasteiger partial charge in [0.2, 0.25) is 5.82 Å². The summed E-state index contributed by atoms with van der Waals surface area (Å²) in [7, 11) is 1.70. The van der Waals surface area contributed by atoms with Crippen molar-refractivity contribution < 1.29 is 9.26 Å². The Balaban J connectivity index is 1.94. The van der Waals surface area contributed by atoms with Crippen molar-refractivity contribution in [1.29, 1.82) is 5.26 Å². The van der Waals surface area contributed by atoms with Gasteiger partial charge in [-0.3, -0.25) is 0 Å². The maximum absolute atomic E-state index is 8.90. The number of pyridine rings is 1. The second-order valence-corrected chi connectivity index (χ2v) is 5.22. The summed E-state index contributed by atoms with van der Waals surface area (Å²) in [6, 6.07) is 5.39. The van der Waals surface area contributed by atoms with Gasteiger partial charge in [-0.05, 0) is 25.0 Å². The predicted octanol–water partition coefficient (Wildman–Crippen LogP) is 2.81. The Kier molecular flexibility index (Phi) is 3.67. The lowest BCUT2D eigenvalue weighted by atomic mass is 9.84. The van der Waals surface area contributed by atoms with Crippen molar-refractivity contribution >= 4 is 0 Å². The van der Waals surface area contributed by atoms with E-state index in [9.17, 15) is 0 Å². The van der Waals surface area contributed by atoms with Crippen molar-refractivity contribution in [2.75, 3.05) is 7.11 Å². The van der Waals surface area contributed by atoms with Gasteiger partial charge in [0.1, 0.15) is 17.4 Å². The molecule has 0 unspecified atom stereocenters. The van der Waals surface area contributed by atoms with Crippen LogP contribution in [0.1, 0.15) is 43.6 Å². The Morgan fingerprint density at radius 3 is 2.86 bits per heavy atom. The zero-order valence-corrected chi connectivity index (χ0v) is 11.9. The monoisotopic (exact) mass is 284 g/mol. The van der Waals surface area contributed by atoms with E-state index in [1.165, 1.54) is 6.42 Å². The summed E-state index contributed by atoms with van der Waals surface area (Å²) in [6.07, 6.45) is 6.79. The van der Waals surface area contributed by atoms with Crippen molar-refractivity contribution in [2.24, 2.45) is 0 Å². The Hall–Kier alpha value is -2.26. The number of rotatable bonds is 3. The highest BCUT2D eigenvalue weighted by atomic mass is 16.5. The zero-order valence-electron chi connectivity index (χ0n) is 11.9. The summed E-state index contributed by atoms with van der Waals surface area (Å²) in [6.45, 7) is 0. The van der Waals surface area contributed by atoms with E-state index >= 15 is 0 Å². The molecule has 0 saturated heterocycles. The van der Waals surface area contributed by atoms with Crippen LogP contribution in [0.15, 0.2) is 22.9 Å². The van der Waals surface area contributed by atoms with Crippen LogP contribution >= 0.6 is 0 Å². The topological polar surface area (TPSA) is 84.8 Å². The van der Waals surface area contributed by atoms with Crippen LogP contribution in [-0.2, 0) is 10.3 Å². The molecule has 1 aliphatic carbocycles. The van der Waals surface area contributed by atoms with E-state index in [-0.39, 0.29) is 0 Å². The van der Waals surface area contributed by atoms with Gasteiger partial charge in [-0.1, -0.05) is 24.4 Å². The molecule has 0 amide bonds. The first-order chi connectivity index (χ1) is 10.3. The molecule has 1 saturated carbocycles. The van der Waals surface area contributed by atoms with Gasteiger partial charge >= 0.3 is 0 Å². The third-order valence-corrected chi connectivity index (χ3v) is 4.01. The molecule has 3 rings (SSSR count). The van der Waals surface area contributed by atoms with E-state index in [4.69, 9.17) is 14.5 Å². The largest absolute Gasteiger partial charge is 0.370 e. The minimum Gasteiger partial charge on any atom is -0.370 e. The number of hydrogen-bond acceptors (Lipinski definition) is 6. The van der Waals surface area contributed by atoms with Crippen LogP contribution in [0.3, 0.4) is 0 Å². The molecule has 108 valence electrons. The molecular formula is C15H16N4O2. The van der Waals surface area contributed by atoms with Crippen molar-refractivity contribution in [2.45, 2.75) is 37.7 Å². The smallest absolute Gasteiger partial charge is 0.258 e. The maximum Gasteiger partial charge on any atom is 0.258 e. The Morgan fingerprint density at radius 1 is 1.33 bits per heavy atom. The maximum atomic E-state index is 8.90. The van der Waals surface area contributed by atoms with Crippen LogP contribution in [0.2, 0.25) is 0 Å². The zero-order chi connectivity index (χ0) is 14.7. The molecule has 0 N–H and O–H groups in total. The summed E-state index contributed by atoms with van der Waals surface area (Å²) >= 11 is 0. The first-order valence-corrected chi connectivity index (χ1v) is 7.03. The number of aromatic nitrogens is 3. The molecule has 0 atom stereocenters. The minimum atomic E-state index is -0.439.